The van der Waals surface area contributed by atoms with Gasteiger partial charge in [0.2, 0.25) is 0 Å². The molecule has 0 heterocycles. The van der Waals surface area contributed by atoms with Crippen LogP contribution in [0.1, 0.15) is 18.4 Å². The van der Waals surface area contributed by atoms with Crippen molar-refractivity contribution in [1.29, 1.82) is 0 Å². The Balaban J connectivity index is 1.89. The van der Waals surface area contributed by atoms with Gasteiger partial charge in [0.1, 0.15) is 11.5 Å². The summed E-state index contributed by atoms with van der Waals surface area (Å²) in [5.74, 6) is 0.301. The standard InChI is InChI=1S/C16H18O4S/c17-14-9-10-16(18)13(12-14)6-4-5-11-21(19,20)15-7-2-1-3-8-15/h1-3,7-10,12,17-18H,4-6,11H2. The maximum absolute atomic E-state index is 12.1. The molecule has 0 aliphatic carbocycles. The Hall–Kier alpha value is -2.01. The van der Waals surface area contributed by atoms with E-state index in [-0.39, 0.29) is 17.3 Å². The number of rotatable bonds is 6. The van der Waals surface area contributed by atoms with Gasteiger partial charge in [0.25, 0.3) is 0 Å². The highest BCUT2D eigenvalue weighted by molar-refractivity contribution is 7.91. The van der Waals surface area contributed by atoms with Crippen LogP contribution >= 0.6 is 0 Å². The molecule has 4 nitrogen and oxygen atoms in total. The summed E-state index contributed by atoms with van der Waals surface area (Å²) in [5.41, 5.74) is 0.632. The molecular weight excluding hydrogens is 288 g/mol. The number of phenols is 2. The van der Waals surface area contributed by atoms with Gasteiger partial charge in [0, 0.05) is 0 Å². The number of sulfone groups is 1. The van der Waals surface area contributed by atoms with Gasteiger partial charge < -0.3 is 10.2 Å². The second-order valence-corrected chi connectivity index (χ2v) is 7.01. The first kappa shape index (κ1) is 15.4. The third-order valence-corrected chi connectivity index (χ3v) is 5.09. The minimum absolute atomic E-state index is 0.0800. The topological polar surface area (TPSA) is 74.6 Å². The third-order valence-electron chi connectivity index (χ3n) is 3.27. The molecule has 0 aliphatic heterocycles. The van der Waals surface area contributed by atoms with Gasteiger partial charge in [0.05, 0.1) is 10.6 Å². The summed E-state index contributed by atoms with van der Waals surface area (Å²) in [5, 5.41) is 19.0. The molecule has 0 radical (unpaired) electrons. The number of aryl methyl sites for hydroxylation is 1. The van der Waals surface area contributed by atoms with E-state index in [9.17, 15) is 18.6 Å². The second-order valence-electron chi connectivity index (χ2n) is 4.90. The number of hydrogen-bond donors (Lipinski definition) is 2. The van der Waals surface area contributed by atoms with Crippen LogP contribution in [-0.2, 0) is 16.3 Å². The molecule has 0 amide bonds. The molecule has 0 fully saturated rings. The first-order valence-electron chi connectivity index (χ1n) is 6.78. The molecule has 2 aromatic rings. The summed E-state index contributed by atoms with van der Waals surface area (Å²) in [4.78, 5) is 0.338. The van der Waals surface area contributed by atoms with Gasteiger partial charge in [-0.05, 0) is 55.2 Å². The molecule has 0 saturated heterocycles. The Kier molecular flexibility index (Phi) is 4.85. The van der Waals surface area contributed by atoms with Gasteiger partial charge in [-0.2, -0.15) is 0 Å². The maximum Gasteiger partial charge on any atom is 0.178 e. The smallest absolute Gasteiger partial charge is 0.178 e. The first-order chi connectivity index (χ1) is 9.99. The molecular formula is C16H18O4S. The van der Waals surface area contributed by atoms with Crippen molar-refractivity contribution in [3.8, 4) is 11.5 Å². The van der Waals surface area contributed by atoms with Crippen LogP contribution in [0.4, 0.5) is 0 Å². The van der Waals surface area contributed by atoms with Crippen LogP contribution in [0.2, 0.25) is 0 Å². The molecule has 0 saturated carbocycles. The number of unbranched alkanes of at least 4 members (excludes halogenated alkanes) is 1. The molecule has 5 heteroatoms. The zero-order valence-electron chi connectivity index (χ0n) is 11.6. The molecule has 0 atom stereocenters. The van der Waals surface area contributed by atoms with Crippen molar-refractivity contribution in [2.75, 3.05) is 5.75 Å². The zero-order valence-corrected chi connectivity index (χ0v) is 12.4. The molecule has 0 aromatic heterocycles. The predicted molar refractivity (Wildman–Crippen MR) is 81.2 cm³/mol. The van der Waals surface area contributed by atoms with Crippen LogP contribution in [-0.4, -0.2) is 24.4 Å². The monoisotopic (exact) mass is 306 g/mol. The van der Waals surface area contributed by atoms with E-state index in [1.807, 2.05) is 0 Å². The normalized spacial score (nSPS) is 11.4. The van der Waals surface area contributed by atoms with E-state index in [2.05, 4.69) is 0 Å². The Morgan fingerprint density at radius 2 is 1.62 bits per heavy atom. The van der Waals surface area contributed by atoms with E-state index < -0.39 is 9.84 Å². The predicted octanol–water partition coefficient (Wildman–Crippen LogP) is 2.89. The van der Waals surface area contributed by atoms with Crippen LogP contribution in [0.15, 0.2) is 53.4 Å². The van der Waals surface area contributed by atoms with Gasteiger partial charge >= 0.3 is 0 Å². The summed E-state index contributed by atoms with van der Waals surface area (Å²) in [7, 11) is -3.24. The van der Waals surface area contributed by atoms with E-state index >= 15 is 0 Å². The highest BCUT2D eigenvalue weighted by Crippen LogP contribution is 2.24. The summed E-state index contributed by atoms with van der Waals surface area (Å²) < 4.78 is 24.2. The second kappa shape index (κ2) is 6.63. The Bertz CT molecular complexity index is 693. The Morgan fingerprint density at radius 1 is 0.905 bits per heavy atom. The molecule has 2 N–H and O–H groups in total. The fraction of sp³-hybridized carbons (Fsp3) is 0.250. The number of hydrogen-bond acceptors (Lipinski definition) is 4. The van der Waals surface area contributed by atoms with Crippen molar-refractivity contribution in [3.63, 3.8) is 0 Å². The quantitative estimate of drug-likeness (QED) is 0.635. The van der Waals surface area contributed by atoms with Crippen LogP contribution in [0.25, 0.3) is 0 Å². The van der Waals surface area contributed by atoms with Crippen LogP contribution in [0, 0.1) is 0 Å². The van der Waals surface area contributed by atoms with Gasteiger partial charge in [-0.25, -0.2) is 8.42 Å². The molecule has 2 rings (SSSR count). The van der Waals surface area contributed by atoms with E-state index in [0.717, 1.165) is 0 Å². The maximum atomic E-state index is 12.1. The molecule has 2 aromatic carbocycles. The molecule has 112 valence electrons. The number of benzene rings is 2. The van der Waals surface area contributed by atoms with Gasteiger partial charge in [0.15, 0.2) is 9.84 Å². The minimum atomic E-state index is -3.24. The lowest BCUT2D eigenvalue weighted by Gasteiger charge is -2.06. The first-order valence-corrected chi connectivity index (χ1v) is 8.43. The lowest BCUT2D eigenvalue weighted by Crippen LogP contribution is -2.07. The molecule has 0 unspecified atom stereocenters. The number of aromatic hydroxyl groups is 2. The van der Waals surface area contributed by atoms with Crippen molar-refractivity contribution in [3.05, 3.63) is 54.1 Å². The fourth-order valence-corrected chi connectivity index (χ4v) is 3.52. The third kappa shape index (κ3) is 4.23. The molecule has 0 aliphatic rings. The SMILES string of the molecule is O=S(=O)(CCCCc1cc(O)ccc1O)c1ccccc1. The van der Waals surface area contributed by atoms with Crippen molar-refractivity contribution in [1.82, 2.24) is 0 Å². The van der Waals surface area contributed by atoms with Gasteiger partial charge in [-0.3, -0.25) is 0 Å². The molecule has 0 spiro atoms. The lowest BCUT2D eigenvalue weighted by molar-refractivity contribution is 0.453. The Labute approximate surface area is 124 Å². The lowest BCUT2D eigenvalue weighted by atomic mass is 10.1. The van der Waals surface area contributed by atoms with Crippen molar-refractivity contribution in [2.45, 2.75) is 24.2 Å². The van der Waals surface area contributed by atoms with Crippen LogP contribution < -0.4 is 0 Å². The fourth-order valence-electron chi connectivity index (χ4n) is 2.13. The van der Waals surface area contributed by atoms with Crippen molar-refractivity contribution >= 4 is 9.84 Å². The van der Waals surface area contributed by atoms with E-state index in [4.69, 9.17) is 0 Å². The number of phenolic OH excluding ortho intramolecular Hbond substituents is 2. The van der Waals surface area contributed by atoms with Crippen molar-refractivity contribution < 1.29 is 18.6 Å². The van der Waals surface area contributed by atoms with E-state index in [0.29, 0.717) is 29.7 Å². The van der Waals surface area contributed by atoms with E-state index in [1.54, 1.807) is 30.3 Å². The summed E-state index contributed by atoms with van der Waals surface area (Å²) in [6, 6.07) is 12.7. The average Bonchev–Trinajstić information content (AvgIpc) is 2.48. The highest BCUT2D eigenvalue weighted by Gasteiger charge is 2.13. The summed E-state index contributed by atoms with van der Waals surface area (Å²) in [6.07, 6.45) is 1.67. The van der Waals surface area contributed by atoms with Crippen LogP contribution in [0.3, 0.4) is 0 Å². The summed E-state index contributed by atoms with van der Waals surface area (Å²) >= 11 is 0. The van der Waals surface area contributed by atoms with Crippen molar-refractivity contribution in [2.24, 2.45) is 0 Å². The Morgan fingerprint density at radius 3 is 2.33 bits per heavy atom. The molecule has 21 heavy (non-hydrogen) atoms. The van der Waals surface area contributed by atoms with Gasteiger partial charge in [-0.1, -0.05) is 18.2 Å². The zero-order chi connectivity index (χ0) is 15.3. The van der Waals surface area contributed by atoms with Gasteiger partial charge in [-0.15, -0.1) is 0 Å². The van der Waals surface area contributed by atoms with Crippen LogP contribution in [0.5, 0.6) is 11.5 Å². The minimum Gasteiger partial charge on any atom is -0.508 e. The summed E-state index contributed by atoms with van der Waals surface area (Å²) in [6.45, 7) is 0. The highest BCUT2D eigenvalue weighted by atomic mass is 32.2. The van der Waals surface area contributed by atoms with E-state index in [1.165, 1.54) is 18.2 Å². The molecule has 0 bridgehead atoms. The average molecular weight is 306 g/mol. The largest absolute Gasteiger partial charge is 0.508 e.